The molecule has 0 radical (unpaired) electrons. The molecule has 0 heterocycles. The number of nitriles is 1. The summed E-state index contributed by atoms with van der Waals surface area (Å²) in [5.74, 6) is -1.46. The first-order valence-corrected chi connectivity index (χ1v) is 5.85. The molecule has 1 amide bonds. The minimum absolute atomic E-state index is 0.0796. The molecule has 2 aromatic rings. The van der Waals surface area contributed by atoms with Crippen molar-refractivity contribution >= 4 is 11.6 Å². The Balaban J connectivity index is 2.14. The van der Waals surface area contributed by atoms with E-state index in [0.717, 1.165) is 6.07 Å². The van der Waals surface area contributed by atoms with Crippen molar-refractivity contribution in [3.8, 4) is 6.07 Å². The molecule has 0 bridgehead atoms. The van der Waals surface area contributed by atoms with Crippen LogP contribution in [0, 0.1) is 17.1 Å². The van der Waals surface area contributed by atoms with Gasteiger partial charge in [-0.3, -0.25) is 4.79 Å². The Bertz CT molecular complexity index is 665. The van der Waals surface area contributed by atoms with Crippen LogP contribution in [0.2, 0.25) is 0 Å². The quantitative estimate of drug-likeness (QED) is 0.899. The van der Waals surface area contributed by atoms with Crippen LogP contribution in [0.3, 0.4) is 0 Å². The van der Waals surface area contributed by atoms with E-state index in [1.165, 1.54) is 12.1 Å². The fourth-order valence-electron chi connectivity index (χ4n) is 1.67. The van der Waals surface area contributed by atoms with Gasteiger partial charge in [-0.1, -0.05) is 30.3 Å². The Kier molecular flexibility index (Phi) is 4.08. The number of anilines is 1. The molecule has 0 spiro atoms. The topological polar surface area (TPSA) is 73.1 Å². The Hall–Kier alpha value is -2.71. The molecule has 100 valence electrons. The van der Waals surface area contributed by atoms with Gasteiger partial charge in [0.1, 0.15) is 5.82 Å². The number of benzene rings is 2. The highest BCUT2D eigenvalue weighted by molar-refractivity contribution is 5.94. The Morgan fingerprint density at radius 2 is 1.95 bits per heavy atom. The Morgan fingerprint density at radius 1 is 1.25 bits per heavy atom. The predicted octanol–water partition coefficient (Wildman–Crippen LogP) is 2.37. The molecule has 4 nitrogen and oxygen atoms in total. The van der Waals surface area contributed by atoms with Crippen LogP contribution in [-0.2, 0) is 4.79 Å². The molecule has 1 unspecified atom stereocenters. The maximum Gasteiger partial charge on any atom is 0.257 e. The molecular formula is C15H11FN2O2. The lowest BCUT2D eigenvalue weighted by Crippen LogP contribution is -2.21. The molecule has 2 N–H and O–H groups in total. The van der Waals surface area contributed by atoms with Crippen LogP contribution in [0.25, 0.3) is 0 Å². The summed E-state index contributed by atoms with van der Waals surface area (Å²) >= 11 is 0. The molecule has 0 aliphatic heterocycles. The molecule has 0 aromatic heterocycles. The standard InChI is InChI=1S/C15H11FN2O2/c16-12-8-10(9-17)6-7-13(12)18-15(20)14(19)11-4-2-1-3-5-11/h1-8,14,19H,(H,18,20). The van der Waals surface area contributed by atoms with Gasteiger partial charge in [-0.25, -0.2) is 4.39 Å². The molecular weight excluding hydrogens is 259 g/mol. The lowest BCUT2D eigenvalue weighted by Gasteiger charge is -2.12. The minimum Gasteiger partial charge on any atom is -0.378 e. The normalized spacial score (nSPS) is 11.4. The fourth-order valence-corrected chi connectivity index (χ4v) is 1.67. The number of aliphatic hydroxyl groups excluding tert-OH is 1. The van der Waals surface area contributed by atoms with Crippen LogP contribution in [0.15, 0.2) is 48.5 Å². The number of amides is 1. The van der Waals surface area contributed by atoms with Crippen molar-refractivity contribution in [1.29, 1.82) is 5.26 Å². The number of halogens is 1. The average Bonchev–Trinajstić information content (AvgIpc) is 2.49. The van der Waals surface area contributed by atoms with Gasteiger partial charge < -0.3 is 10.4 Å². The second-order valence-corrected chi connectivity index (χ2v) is 4.11. The zero-order valence-electron chi connectivity index (χ0n) is 10.4. The molecule has 0 aliphatic rings. The van der Waals surface area contributed by atoms with Crippen molar-refractivity contribution in [3.63, 3.8) is 0 Å². The maximum absolute atomic E-state index is 13.6. The minimum atomic E-state index is -1.38. The van der Waals surface area contributed by atoms with E-state index in [4.69, 9.17) is 5.26 Å². The summed E-state index contributed by atoms with van der Waals surface area (Å²) in [6, 6.07) is 13.8. The number of carbonyl (C=O) groups is 1. The van der Waals surface area contributed by atoms with Gasteiger partial charge in [-0.05, 0) is 23.8 Å². The third kappa shape index (κ3) is 2.99. The van der Waals surface area contributed by atoms with Crippen LogP contribution >= 0.6 is 0 Å². The first-order valence-electron chi connectivity index (χ1n) is 5.85. The van der Waals surface area contributed by atoms with Crippen LogP contribution in [0.5, 0.6) is 0 Å². The molecule has 5 heteroatoms. The van der Waals surface area contributed by atoms with Crippen molar-refractivity contribution in [2.24, 2.45) is 0 Å². The summed E-state index contributed by atoms with van der Waals surface area (Å²) in [6.07, 6.45) is -1.38. The third-order valence-electron chi connectivity index (χ3n) is 2.72. The lowest BCUT2D eigenvalue weighted by molar-refractivity contribution is -0.124. The molecule has 20 heavy (non-hydrogen) atoms. The van der Waals surface area contributed by atoms with E-state index in [2.05, 4.69) is 5.32 Å². The third-order valence-corrected chi connectivity index (χ3v) is 2.72. The van der Waals surface area contributed by atoms with E-state index in [1.807, 2.05) is 0 Å². The van der Waals surface area contributed by atoms with Crippen molar-refractivity contribution in [2.75, 3.05) is 5.32 Å². The number of nitrogens with zero attached hydrogens (tertiary/aromatic N) is 1. The largest absolute Gasteiger partial charge is 0.378 e. The SMILES string of the molecule is N#Cc1ccc(NC(=O)C(O)c2ccccc2)c(F)c1. The second-order valence-electron chi connectivity index (χ2n) is 4.11. The van der Waals surface area contributed by atoms with E-state index in [9.17, 15) is 14.3 Å². The first kappa shape index (κ1) is 13.7. The van der Waals surface area contributed by atoms with E-state index < -0.39 is 17.8 Å². The van der Waals surface area contributed by atoms with Gasteiger partial charge in [0.15, 0.2) is 6.10 Å². The smallest absolute Gasteiger partial charge is 0.257 e. The summed E-state index contributed by atoms with van der Waals surface area (Å²) < 4.78 is 13.6. The molecule has 2 aromatic carbocycles. The van der Waals surface area contributed by atoms with Crippen molar-refractivity contribution in [1.82, 2.24) is 0 Å². The van der Waals surface area contributed by atoms with Crippen molar-refractivity contribution < 1.29 is 14.3 Å². The zero-order chi connectivity index (χ0) is 14.5. The number of hydrogen-bond donors (Lipinski definition) is 2. The highest BCUT2D eigenvalue weighted by Crippen LogP contribution is 2.19. The van der Waals surface area contributed by atoms with Gasteiger partial charge in [0, 0.05) is 0 Å². The summed E-state index contributed by atoms with van der Waals surface area (Å²) in [6.45, 7) is 0. The average molecular weight is 270 g/mol. The molecule has 0 saturated heterocycles. The first-order chi connectivity index (χ1) is 9.61. The second kappa shape index (κ2) is 5.95. The fraction of sp³-hybridized carbons (Fsp3) is 0.0667. The number of nitrogens with one attached hydrogen (secondary N) is 1. The van der Waals surface area contributed by atoms with E-state index in [0.29, 0.717) is 5.56 Å². The predicted molar refractivity (Wildman–Crippen MR) is 71.1 cm³/mol. The van der Waals surface area contributed by atoms with E-state index in [-0.39, 0.29) is 11.3 Å². The van der Waals surface area contributed by atoms with Crippen LogP contribution < -0.4 is 5.32 Å². The van der Waals surface area contributed by atoms with Crippen LogP contribution in [0.4, 0.5) is 10.1 Å². The summed E-state index contributed by atoms with van der Waals surface area (Å²) in [5.41, 5.74) is 0.493. The van der Waals surface area contributed by atoms with Gasteiger partial charge >= 0.3 is 0 Å². The van der Waals surface area contributed by atoms with Crippen LogP contribution in [0.1, 0.15) is 17.2 Å². The zero-order valence-corrected chi connectivity index (χ0v) is 10.4. The maximum atomic E-state index is 13.6. The summed E-state index contributed by atoms with van der Waals surface area (Å²) in [7, 11) is 0. The monoisotopic (exact) mass is 270 g/mol. The highest BCUT2D eigenvalue weighted by atomic mass is 19.1. The van der Waals surface area contributed by atoms with E-state index >= 15 is 0 Å². The van der Waals surface area contributed by atoms with Gasteiger partial charge in [0.2, 0.25) is 0 Å². The number of carbonyl (C=O) groups excluding carboxylic acids is 1. The molecule has 0 fully saturated rings. The Labute approximate surface area is 115 Å². The van der Waals surface area contributed by atoms with Crippen molar-refractivity contribution in [3.05, 3.63) is 65.5 Å². The van der Waals surface area contributed by atoms with Crippen LogP contribution in [-0.4, -0.2) is 11.0 Å². The molecule has 0 saturated carbocycles. The van der Waals surface area contributed by atoms with Gasteiger partial charge in [0.25, 0.3) is 5.91 Å². The number of aliphatic hydroxyl groups is 1. The lowest BCUT2D eigenvalue weighted by atomic mass is 10.1. The summed E-state index contributed by atoms with van der Waals surface area (Å²) in [5, 5.41) is 20.8. The number of rotatable bonds is 3. The molecule has 0 aliphatic carbocycles. The molecule has 1 atom stereocenters. The van der Waals surface area contributed by atoms with Gasteiger partial charge in [0.05, 0.1) is 17.3 Å². The number of hydrogen-bond acceptors (Lipinski definition) is 3. The van der Waals surface area contributed by atoms with E-state index in [1.54, 1.807) is 36.4 Å². The van der Waals surface area contributed by atoms with Gasteiger partial charge in [-0.2, -0.15) is 5.26 Å². The highest BCUT2D eigenvalue weighted by Gasteiger charge is 2.18. The van der Waals surface area contributed by atoms with Gasteiger partial charge in [-0.15, -0.1) is 0 Å². The summed E-state index contributed by atoms with van der Waals surface area (Å²) in [4.78, 5) is 11.8. The Morgan fingerprint density at radius 3 is 2.55 bits per heavy atom. The molecule has 2 rings (SSSR count). The van der Waals surface area contributed by atoms with Crippen molar-refractivity contribution in [2.45, 2.75) is 6.10 Å².